The molecule has 0 spiro atoms. The molecule has 2 heterocycles. The number of hydrogen-bond donors (Lipinski definition) is 1. The summed E-state index contributed by atoms with van der Waals surface area (Å²) in [5.41, 5.74) is 2.42. The molecule has 2 aromatic carbocycles. The highest BCUT2D eigenvalue weighted by Crippen LogP contribution is 2.26. The van der Waals surface area contributed by atoms with Crippen molar-refractivity contribution in [2.45, 2.75) is 19.9 Å². The lowest BCUT2D eigenvalue weighted by atomic mass is 10.2. The van der Waals surface area contributed by atoms with Gasteiger partial charge in [0.25, 0.3) is 17.2 Å². The van der Waals surface area contributed by atoms with E-state index in [1.807, 2.05) is 48.5 Å². The first-order valence-corrected chi connectivity index (χ1v) is 10.4. The Labute approximate surface area is 178 Å². The molecular weight excluding hydrogens is 402 g/mol. The summed E-state index contributed by atoms with van der Waals surface area (Å²) in [5, 5.41) is 1.90. The number of hydrogen-bond acceptors (Lipinski definition) is 7. The quantitative estimate of drug-likeness (QED) is 0.562. The van der Waals surface area contributed by atoms with Crippen molar-refractivity contribution in [3.63, 3.8) is 0 Å². The second-order valence-electron chi connectivity index (χ2n) is 7.02. The second kappa shape index (κ2) is 8.62. The van der Waals surface area contributed by atoms with Crippen LogP contribution in [0.2, 0.25) is 0 Å². The first kappa shape index (κ1) is 20.0. The molecule has 3 aromatic rings. The van der Waals surface area contributed by atoms with Crippen molar-refractivity contribution >= 4 is 46.1 Å². The average Bonchev–Trinajstić information content (AvgIpc) is 3.28. The van der Waals surface area contributed by atoms with E-state index in [1.54, 1.807) is 6.08 Å². The smallest absolute Gasteiger partial charge is 0.298 e. The third-order valence-electron chi connectivity index (χ3n) is 4.57. The molecule has 1 aliphatic heterocycles. The number of oxazole rings is 1. The molecule has 0 bridgehead atoms. The lowest BCUT2D eigenvalue weighted by Crippen LogP contribution is -2.34. The molecule has 4 rings (SSSR count). The monoisotopic (exact) mass is 423 g/mol. The average molecular weight is 423 g/mol. The van der Waals surface area contributed by atoms with Gasteiger partial charge in [0.1, 0.15) is 17.9 Å². The number of nitrogens with one attached hydrogen (secondary N) is 1. The Balaban J connectivity index is 1.37. The minimum atomic E-state index is -0.363. The van der Waals surface area contributed by atoms with E-state index in [9.17, 15) is 9.59 Å². The number of anilines is 1. The van der Waals surface area contributed by atoms with E-state index < -0.39 is 0 Å². The number of rotatable bonds is 7. The van der Waals surface area contributed by atoms with Gasteiger partial charge in [-0.2, -0.15) is 4.98 Å². The van der Waals surface area contributed by atoms with Gasteiger partial charge < -0.3 is 14.1 Å². The Hall–Kier alpha value is -3.26. The first-order chi connectivity index (χ1) is 14.5. The fourth-order valence-corrected chi connectivity index (χ4v) is 3.73. The molecular formula is C22H21N3O4S. The van der Waals surface area contributed by atoms with E-state index in [2.05, 4.69) is 29.0 Å². The fraction of sp³-hybridized carbons (Fsp3) is 0.227. The maximum Gasteiger partial charge on any atom is 0.298 e. The van der Waals surface area contributed by atoms with Crippen molar-refractivity contribution in [2.24, 2.45) is 0 Å². The highest BCUT2D eigenvalue weighted by molar-refractivity contribution is 8.18. The highest BCUT2D eigenvalue weighted by atomic mass is 32.2. The van der Waals surface area contributed by atoms with E-state index in [-0.39, 0.29) is 17.2 Å². The Morgan fingerprint density at radius 1 is 1.17 bits per heavy atom. The summed E-state index contributed by atoms with van der Waals surface area (Å²) >= 11 is 0.902. The van der Waals surface area contributed by atoms with Crippen LogP contribution in [-0.4, -0.2) is 35.3 Å². The summed E-state index contributed by atoms with van der Waals surface area (Å²) in [6.07, 6.45) is 1.68. The van der Waals surface area contributed by atoms with Crippen LogP contribution in [0.4, 0.5) is 10.8 Å². The van der Waals surface area contributed by atoms with Crippen LogP contribution in [0.3, 0.4) is 0 Å². The topological polar surface area (TPSA) is 84.7 Å². The predicted octanol–water partition coefficient (Wildman–Crippen LogP) is 4.45. The number of nitrogens with zero attached hydrogens (tertiary/aromatic N) is 2. The number of ether oxygens (including phenoxy) is 1. The van der Waals surface area contributed by atoms with E-state index in [4.69, 9.17) is 9.15 Å². The van der Waals surface area contributed by atoms with Gasteiger partial charge in [0.15, 0.2) is 5.58 Å². The number of thioether (sulfide) groups is 1. The molecule has 1 aliphatic rings. The van der Waals surface area contributed by atoms with E-state index in [0.717, 1.165) is 34.2 Å². The van der Waals surface area contributed by atoms with Gasteiger partial charge in [-0.3, -0.25) is 14.9 Å². The zero-order chi connectivity index (χ0) is 21.1. The molecule has 30 heavy (non-hydrogen) atoms. The van der Waals surface area contributed by atoms with Crippen LogP contribution in [0.25, 0.3) is 17.2 Å². The summed E-state index contributed by atoms with van der Waals surface area (Å²) in [4.78, 5) is 29.9. The van der Waals surface area contributed by atoms with Gasteiger partial charge in [-0.25, -0.2) is 0 Å². The number of fused-ring (bicyclic) bond motifs is 1. The minimum absolute atomic E-state index is 0.202. The summed E-state index contributed by atoms with van der Waals surface area (Å²) in [6.45, 7) is 5.25. The number of amides is 2. The van der Waals surface area contributed by atoms with E-state index in [1.165, 1.54) is 0 Å². The van der Waals surface area contributed by atoms with Crippen molar-refractivity contribution < 1.29 is 18.7 Å². The van der Waals surface area contributed by atoms with Crippen molar-refractivity contribution in [1.82, 2.24) is 10.3 Å². The molecule has 1 aromatic heterocycles. The van der Waals surface area contributed by atoms with Crippen LogP contribution in [0.15, 0.2) is 57.9 Å². The van der Waals surface area contributed by atoms with Gasteiger partial charge in [-0.15, -0.1) is 0 Å². The van der Waals surface area contributed by atoms with Crippen LogP contribution in [0, 0.1) is 0 Å². The van der Waals surface area contributed by atoms with Crippen LogP contribution in [0.5, 0.6) is 5.75 Å². The van der Waals surface area contributed by atoms with Gasteiger partial charge >= 0.3 is 0 Å². The molecule has 1 fully saturated rings. The van der Waals surface area contributed by atoms with Gasteiger partial charge in [-0.1, -0.05) is 24.3 Å². The van der Waals surface area contributed by atoms with Crippen LogP contribution in [0.1, 0.15) is 19.4 Å². The summed E-state index contributed by atoms with van der Waals surface area (Å²) < 4.78 is 11.8. The number of imide groups is 1. The van der Waals surface area contributed by atoms with Gasteiger partial charge in [-0.05, 0) is 61.5 Å². The third kappa shape index (κ3) is 4.49. The van der Waals surface area contributed by atoms with Crippen molar-refractivity contribution in [1.29, 1.82) is 0 Å². The van der Waals surface area contributed by atoms with Crippen molar-refractivity contribution in [3.05, 3.63) is 59.0 Å². The van der Waals surface area contributed by atoms with Crippen LogP contribution >= 0.6 is 11.8 Å². The predicted molar refractivity (Wildman–Crippen MR) is 118 cm³/mol. The molecule has 1 saturated heterocycles. The Bertz CT molecular complexity index is 1070. The van der Waals surface area contributed by atoms with Gasteiger partial charge in [0.2, 0.25) is 0 Å². The summed E-state index contributed by atoms with van der Waals surface area (Å²) in [6, 6.07) is 15.9. The zero-order valence-electron chi connectivity index (χ0n) is 16.6. The molecule has 2 amide bonds. The molecule has 7 nitrogen and oxygen atoms in total. The number of aromatic nitrogens is 1. The van der Waals surface area contributed by atoms with E-state index >= 15 is 0 Å². The van der Waals surface area contributed by atoms with Gasteiger partial charge in [0, 0.05) is 6.04 Å². The maximum absolute atomic E-state index is 11.6. The lowest BCUT2D eigenvalue weighted by molar-refractivity contribution is -0.115. The Morgan fingerprint density at radius 3 is 2.60 bits per heavy atom. The Kier molecular flexibility index (Phi) is 5.76. The second-order valence-corrected chi connectivity index (χ2v) is 8.04. The third-order valence-corrected chi connectivity index (χ3v) is 5.38. The Morgan fingerprint density at radius 2 is 1.93 bits per heavy atom. The SMILES string of the molecule is CC(C)N(CCOc1ccc(/C=C2/SC(=O)NC2=O)cc1)c1nc2ccccc2o1. The molecule has 154 valence electrons. The van der Waals surface area contributed by atoms with Crippen LogP contribution < -0.4 is 15.0 Å². The fourth-order valence-electron chi connectivity index (χ4n) is 3.05. The molecule has 0 aliphatic carbocycles. The molecule has 0 saturated carbocycles. The van der Waals surface area contributed by atoms with Crippen molar-refractivity contribution in [2.75, 3.05) is 18.1 Å². The molecule has 0 radical (unpaired) electrons. The van der Waals surface area contributed by atoms with Crippen molar-refractivity contribution in [3.8, 4) is 5.75 Å². The lowest BCUT2D eigenvalue weighted by Gasteiger charge is -2.24. The van der Waals surface area contributed by atoms with Gasteiger partial charge in [0.05, 0.1) is 11.4 Å². The standard InChI is InChI=1S/C22H21N3O4S/c1-14(2)25(21-23-17-5-3-4-6-18(17)29-21)11-12-28-16-9-7-15(8-10-16)13-19-20(26)24-22(27)30-19/h3-10,13-14H,11-12H2,1-2H3,(H,24,26,27)/b19-13+. The van der Waals surface area contributed by atoms with Crippen LogP contribution in [-0.2, 0) is 4.79 Å². The first-order valence-electron chi connectivity index (χ1n) is 9.59. The number of carbonyl (C=O) groups is 2. The number of para-hydroxylation sites is 2. The highest BCUT2D eigenvalue weighted by Gasteiger charge is 2.24. The molecule has 0 unspecified atom stereocenters. The molecule has 0 atom stereocenters. The zero-order valence-corrected chi connectivity index (χ0v) is 17.4. The molecule has 1 N–H and O–H groups in total. The summed E-state index contributed by atoms with van der Waals surface area (Å²) in [5.74, 6) is 0.358. The number of carbonyl (C=O) groups excluding carboxylic acids is 2. The maximum atomic E-state index is 11.6. The summed E-state index contributed by atoms with van der Waals surface area (Å²) in [7, 11) is 0. The van der Waals surface area contributed by atoms with E-state index in [0.29, 0.717) is 24.1 Å². The minimum Gasteiger partial charge on any atom is -0.492 e. The normalized spacial score (nSPS) is 15.2. The largest absolute Gasteiger partial charge is 0.492 e. The molecule has 8 heteroatoms. The number of benzene rings is 2.